The minimum Gasteiger partial charge on any atom is -0.490 e. The van der Waals surface area contributed by atoms with Gasteiger partial charge in [-0.05, 0) is 71.1 Å². The SMILES string of the molecule is CN1C(C)(C)CC(Oc2ccc(Sc3ccccc3)cc2)CC1(C)C.O.O. The lowest BCUT2D eigenvalue weighted by Crippen LogP contribution is -2.60. The molecule has 0 radical (unpaired) electrons. The first kappa shape index (κ1) is 23.5. The molecule has 1 saturated heterocycles. The molecule has 150 valence electrons. The molecular formula is C22H33NO3S. The van der Waals surface area contributed by atoms with Crippen LogP contribution in [0.4, 0.5) is 0 Å². The van der Waals surface area contributed by atoms with Crippen LogP contribution in [0.1, 0.15) is 40.5 Å². The van der Waals surface area contributed by atoms with E-state index in [1.165, 1.54) is 9.79 Å². The zero-order chi connectivity index (χ0) is 18.1. The van der Waals surface area contributed by atoms with Crippen molar-refractivity contribution in [3.05, 3.63) is 54.6 Å². The summed E-state index contributed by atoms with van der Waals surface area (Å²) in [6.45, 7) is 9.24. The molecule has 0 aromatic heterocycles. The van der Waals surface area contributed by atoms with Crippen molar-refractivity contribution in [2.24, 2.45) is 0 Å². The highest BCUT2D eigenvalue weighted by Crippen LogP contribution is 2.38. The molecular weight excluding hydrogens is 358 g/mol. The van der Waals surface area contributed by atoms with Crippen molar-refractivity contribution in [3.63, 3.8) is 0 Å². The lowest BCUT2D eigenvalue weighted by Gasteiger charge is -2.53. The number of likely N-dealkylation sites (tertiary alicyclic amines) is 1. The average molecular weight is 392 g/mol. The van der Waals surface area contributed by atoms with E-state index in [-0.39, 0.29) is 28.1 Å². The first-order valence-corrected chi connectivity index (χ1v) is 9.81. The molecule has 1 aliphatic heterocycles. The van der Waals surface area contributed by atoms with E-state index in [1.807, 2.05) is 6.07 Å². The first-order chi connectivity index (χ1) is 11.8. The average Bonchev–Trinajstić information content (AvgIpc) is 2.55. The van der Waals surface area contributed by atoms with Crippen LogP contribution in [0, 0.1) is 0 Å². The summed E-state index contributed by atoms with van der Waals surface area (Å²) in [5.74, 6) is 0.971. The Morgan fingerprint density at radius 1 is 0.815 bits per heavy atom. The minimum atomic E-state index is 0. The molecule has 2 aromatic rings. The van der Waals surface area contributed by atoms with Gasteiger partial charge in [0.2, 0.25) is 0 Å². The Hall–Kier alpha value is -1.53. The van der Waals surface area contributed by atoms with E-state index in [2.05, 4.69) is 88.2 Å². The van der Waals surface area contributed by atoms with Gasteiger partial charge in [-0.3, -0.25) is 4.90 Å². The van der Waals surface area contributed by atoms with Gasteiger partial charge >= 0.3 is 0 Å². The minimum absolute atomic E-state index is 0. The highest BCUT2D eigenvalue weighted by atomic mass is 32.2. The predicted octanol–water partition coefficient (Wildman–Crippen LogP) is 4.22. The van der Waals surface area contributed by atoms with Crippen molar-refractivity contribution >= 4 is 11.8 Å². The van der Waals surface area contributed by atoms with Crippen LogP contribution >= 0.6 is 11.8 Å². The molecule has 0 saturated carbocycles. The topological polar surface area (TPSA) is 75.5 Å². The van der Waals surface area contributed by atoms with Crippen molar-refractivity contribution < 1.29 is 15.7 Å². The fourth-order valence-electron chi connectivity index (χ4n) is 3.77. The van der Waals surface area contributed by atoms with Gasteiger partial charge in [0.25, 0.3) is 0 Å². The molecule has 0 amide bonds. The van der Waals surface area contributed by atoms with Crippen LogP contribution in [0.5, 0.6) is 5.75 Å². The van der Waals surface area contributed by atoms with Gasteiger partial charge in [-0.2, -0.15) is 0 Å². The highest BCUT2D eigenvalue weighted by Gasteiger charge is 2.43. The van der Waals surface area contributed by atoms with E-state index in [0.29, 0.717) is 0 Å². The van der Waals surface area contributed by atoms with E-state index < -0.39 is 0 Å². The maximum atomic E-state index is 6.34. The molecule has 1 heterocycles. The zero-order valence-corrected chi connectivity index (χ0v) is 17.8. The molecule has 4 nitrogen and oxygen atoms in total. The molecule has 3 rings (SSSR count). The molecule has 0 bridgehead atoms. The first-order valence-electron chi connectivity index (χ1n) is 9.00. The number of rotatable bonds is 4. The molecule has 1 fully saturated rings. The van der Waals surface area contributed by atoms with Crippen LogP contribution in [0.15, 0.2) is 64.4 Å². The van der Waals surface area contributed by atoms with Crippen LogP contribution in [-0.2, 0) is 0 Å². The van der Waals surface area contributed by atoms with Crippen molar-refractivity contribution in [2.75, 3.05) is 7.05 Å². The largest absolute Gasteiger partial charge is 0.490 e. The summed E-state index contributed by atoms with van der Waals surface area (Å²) < 4.78 is 6.34. The Bertz CT molecular complexity index is 683. The molecule has 0 unspecified atom stereocenters. The summed E-state index contributed by atoms with van der Waals surface area (Å²) in [5.41, 5.74) is 0.297. The molecule has 0 atom stereocenters. The van der Waals surface area contributed by atoms with Gasteiger partial charge in [0.05, 0.1) is 0 Å². The van der Waals surface area contributed by atoms with E-state index in [4.69, 9.17) is 4.74 Å². The summed E-state index contributed by atoms with van der Waals surface area (Å²) in [4.78, 5) is 4.98. The summed E-state index contributed by atoms with van der Waals surface area (Å²) in [6.07, 6.45) is 2.36. The van der Waals surface area contributed by atoms with Crippen molar-refractivity contribution in [2.45, 2.75) is 67.5 Å². The Morgan fingerprint density at radius 2 is 1.30 bits per heavy atom. The van der Waals surface area contributed by atoms with Gasteiger partial charge < -0.3 is 15.7 Å². The van der Waals surface area contributed by atoms with Gasteiger partial charge in [0, 0.05) is 33.7 Å². The smallest absolute Gasteiger partial charge is 0.119 e. The number of ether oxygens (including phenoxy) is 1. The van der Waals surface area contributed by atoms with Crippen molar-refractivity contribution in [1.82, 2.24) is 4.90 Å². The molecule has 0 aliphatic carbocycles. The van der Waals surface area contributed by atoms with Crippen LogP contribution in [0.2, 0.25) is 0 Å². The number of hydrogen-bond acceptors (Lipinski definition) is 3. The Kier molecular flexibility index (Phi) is 7.93. The fraction of sp³-hybridized carbons (Fsp3) is 0.455. The quantitative estimate of drug-likeness (QED) is 0.783. The lowest BCUT2D eigenvalue weighted by atomic mass is 9.79. The lowest BCUT2D eigenvalue weighted by molar-refractivity contribution is -0.0556. The molecule has 1 aliphatic rings. The van der Waals surface area contributed by atoms with Crippen LogP contribution in [0.25, 0.3) is 0 Å². The van der Waals surface area contributed by atoms with Gasteiger partial charge in [-0.25, -0.2) is 0 Å². The van der Waals surface area contributed by atoms with Gasteiger partial charge in [-0.1, -0.05) is 30.0 Å². The van der Waals surface area contributed by atoms with Crippen LogP contribution in [0.3, 0.4) is 0 Å². The summed E-state index contributed by atoms with van der Waals surface area (Å²) in [7, 11) is 2.23. The summed E-state index contributed by atoms with van der Waals surface area (Å²) in [5, 5.41) is 0. The van der Waals surface area contributed by atoms with Gasteiger partial charge in [0.1, 0.15) is 11.9 Å². The Morgan fingerprint density at radius 3 is 1.81 bits per heavy atom. The van der Waals surface area contributed by atoms with Crippen LogP contribution < -0.4 is 4.74 Å². The monoisotopic (exact) mass is 391 g/mol. The third-order valence-electron chi connectivity index (χ3n) is 5.38. The standard InChI is InChI=1S/C22H29NOS.2H2O/c1-21(2)15-18(16-22(3,4)23(21)5)24-17-11-13-20(14-12-17)25-19-9-7-6-8-10-19;;/h6-14,18H,15-16H2,1-5H3;2*1H2. The summed E-state index contributed by atoms with van der Waals surface area (Å²) >= 11 is 1.78. The van der Waals surface area contributed by atoms with Crippen molar-refractivity contribution in [3.8, 4) is 5.75 Å². The maximum absolute atomic E-state index is 6.34. The van der Waals surface area contributed by atoms with E-state index in [1.54, 1.807) is 11.8 Å². The van der Waals surface area contributed by atoms with E-state index in [0.717, 1.165) is 18.6 Å². The number of benzene rings is 2. The van der Waals surface area contributed by atoms with Gasteiger partial charge in [0.15, 0.2) is 0 Å². The number of hydrogen-bond donors (Lipinski definition) is 0. The zero-order valence-electron chi connectivity index (χ0n) is 17.0. The third kappa shape index (κ3) is 5.72. The van der Waals surface area contributed by atoms with Gasteiger partial charge in [-0.15, -0.1) is 0 Å². The second-order valence-corrected chi connectivity index (χ2v) is 9.37. The van der Waals surface area contributed by atoms with E-state index >= 15 is 0 Å². The predicted molar refractivity (Wildman–Crippen MR) is 114 cm³/mol. The third-order valence-corrected chi connectivity index (χ3v) is 6.39. The molecule has 27 heavy (non-hydrogen) atoms. The van der Waals surface area contributed by atoms with E-state index in [9.17, 15) is 0 Å². The fourth-order valence-corrected chi connectivity index (χ4v) is 4.60. The summed E-state index contributed by atoms with van der Waals surface area (Å²) in [6, 6.07) is 19.0. The number of nitrogens with zero attached hydrogens (tertiary/aromatic N) is 1. The second-order valence-electron chi connectivity index (χ2n) is 8.22. The molecule has 2 aromatic carbocycles. The molecule has 4 N–H and O–H groups in total. The maximum Gasteiger partial charge on any atom is 0.119 e. The van der Waals surface area contributed by atoms with Crippen LogP contribution in [-0.4, -0.2) is 40.1 Å². The Balaban J connectivity index is 0.00000182. The number of piperidine rings is 1. The Labute approximate surface area is 167 Å². The normalized spacial score (nSPS) is 18.9. The second kappa shape index (κ2) is 9.11. The molecule has 0 spiro atoms. The van der Waals surface area contributed by atoms with Crippen molar-refractivity contribution in [1.29, 1.82) is 0 Å². The molecule has 5 heteroatoms. The highest BCUT2D eigenvalue weighted by molar-refractivity contribution is 7.99.